The van der Waals surface area contributed by atoms with Crippen LogP contribution in [0.2, 0.25) is 0 Å². The van der Waals surface area contributed by atoms with Crippen LogP contribution in [-0.2, 0) is 23.8 Å². The van der Waals surface area contributed by atoms with Gasteiger partial charge in [0.25, 0.3) is 11.7 Å². The van der Waals surface area contributed by atoms with Gasteiger partial charge in [-0.25, -0.2) is 0 Å². The second-order valence-electron chi connectivity index (χ2n) is 16.8. The third-order valence-electron chi connectivity index (χ3n) is 12.4. The Hall–Kier alpha value is -6.48. The van der Waals surface area contributed by atoms with Crippen molar-refractivity contribution in [1.82, 2.24) is 0 Å². The number of aliphatic hydroxyl groups is 2. The largest absolute Gasteiger partial charge is 0.507 e. The number of hydrogen-bond donors (Lipinski definition) is 6. The SMILES string of the molecule is COC1/C=C/OC2(C)Oc3c(C)c(O)c4c(O)c(c(C=Nc5ccc(-c6ccccc6)cc5)c(O)c4c3C2=O)NC(=O)C(C)=C/C=C/C(C)C(O)C(C)C(O)C(C)C(OC(C)=O)C1C. The number of amides is 1. The number of nitrogens with zero attached hydrogens (tertiary/aromatic N) is 1. The average molecular weight is 877 g/mol. The smallest absolute Gasteiger partial charge is 0.312 e. The number of nitrogens with one attached hydrogen (secondary N) is 1. The summed E-state index contributed by atoms with van der Waals surface area (Å²) in [5, 5.41) is 60.9. The number of carbonyl (C=O) groups excluding carboxylic acids is 3. The minimum absolute atomic E-state index is 0.0384. The molecule has 9 atom stereocenters. The monoisotopic (exact) mass is 876 g/mol. The molecule has 14 heteroatoms. The molecular formula is C50H56N2O12. The van der Waals surface area contributed by atoms with E-state index in [-0.39, 0.29) is 44.5 Å². The number of benzene rings is 4. The van der Waals surface area contributed by atoms with Crippen molar-refractivity contribution >= 4 is 46.0 Å². The van der Waals surface area contributed by atoms with E-state index in [0.29, 0.717) is 5.69 Å². The lowest BCUT2D eigenvalue weighted by atomic mass is 9.78. The number of ether oxygens (including phenoxy) is 4. The lowest BCUT2D eigenvalue weighted by molar-refractivity contribution is -0.160. The van der Waals surface area contributed by atoms with Crippen LogP contribution < -0.4 is 10.1 Å². The van der Waals surface area contributed by atoms with Gasteiger partial charge in [0.2, 0.25) is 0 Å². The van der Waals surface area contributed by atoms with Crippen molar-refractivity contribution in [2.75, 3.05) is 12.4 Å². The molecule has 1 amide bonds. The molecule has 0 aliphatic carbocycles. The van der Waals surface area contributed by atoms with Gasteiger partial charge in [-0.1, -0.05) is 88.4 Å². The fourth-order valence-corrected chi connectivity index (χ4v) is 8.38. The summed E-state index contributed by atoms with van der Waals surface area (Å²) in [5.41, 5.74) is 1.87. The zero-order valence-corrected chi connectivity index (χ0v) is 37.3. The number of esters is 1. The number of aliphatic hydroxyl groups excluding tert-OH is 2. The van der Waals surface area contributed by atoms with Gasteiger partial charge in [0.15, 0.2) is 5.75 Å². The molecule has 0 aromatic heterocycles. The van der Waals surface area contributed by atoms with Gasteiger partial charge < -0.3 is 49.8 Å². The van der Waals surface area contributed by atoms with E-state index in [9.17, 15) is 39.9 Å². The molecule has 4 aromatic carbocycles. The fraction of sp³-hybridized carbons (Fsp3) is 0.360. The lowest BCUT2D eigenvalue weighted by Crippen LogP contribution is -2.46. The zero-order chi connectivity index (χ0) is 46.8. The van der Waals surface area contributed by atoms with Crippen molar-refractivity contribution in [3.05, 3.63) is 107 Å². The van der Waals surface area contributed by atoms with Crippen molar-refractivity contribution in [3.63, 3.8) is 0 Å². The molecule has 5 bridgehead atoms. The van der Waals surface area contributed by atoms with E-state index in [0.717, 1.165) is 11.1 Å². The standard InChI is InChI=1S/C50H56N2O12/c1-25-14-13-15-26(2)49(60)52-40-35(24-51-34-20-18-33(19-21-34)32-16-11-10-12-17-32)44(57)37-38(45(40)58)43(56)30(6)47-39(37)48(59)50(8,64-47)62-23-22-36(61-9)27(3)46(63-31(7)53)29(5)42(55)28(4)41(25)54/h10-25,27-29,36,41-42,46,54-58H,1-9H3,(H,52,60)/b14-13+,23-22+,26-15?,51-24?. The van der Waals surface area contributed by atoms with E-state index in [1.165, 1.54) is 59.4 Å². The van der Waals surface area contributed by atoms with Gasteiger partial charge in [-0.15, -0.1) is 0 Å². The number of ketones is 1. The Bertz CT molecular complexity index is 2550. The number of rotatable bonds is 5. The molecule has 4 aromatic rings. The Morgan fingerprint density at radius 1 is 0.844 bits per heavy atom. The van der Waals surface area contributed by atoms with Crippen molar-refractivity contribution in [3.8, 4) is 34.1 Å². The van der Waals surface area contributed by atoms with Crippen molar-refractivity contribution < 1.29 is 58.9 Å². The first-order valence-electron chi connectivity index (χ1n) is 21.1. The maximum Gasteiger partial charge on any atom is 0.312 e. The van der Waals surface area contributed by atoms with E-state index < -0.39 is 88.8 Å². The fourth-order valence-electron chi connectivity index (χ4n) is 8.38. The predicted octanol–water partition coefficient (Wildman–Crippen LogP) is 8.17. The highest BCUT2D eigenvalue weighted by Crippen LogP contribution is 2.55. The summed E-state index contributed by atoms with van der Waals surface area (Å²) in [7, 11) is 1.43. The van der Waals surface area contributed by atoms with Crippen molar-refractivity contribution in [1.29, 1.82) is 0 Å². The normalized spacial score (nSPS) is 27.8. The maximum absolute atomic E-state index is 14.5. The second-order valence-corrected chi connectivity index (χ2v) is 16.8. The second kappa shape index (κ2) is 19.1. The highest BCUT2D eigenvalue weighted by Gasteiger charge is 2.50. The van der Waals surface area contributed by atoms with Gasteiger partial charge >= 0.3 is 11.8 Å². The molecule has 3 aliphatic heterocycles. The summed E-state index contributed by atoms with van der Waals surface area (Å²) in [6, 6.07) is 17.0. The Labute approximate surface area is 372 Å². The summed E-state index contributed by atoms with van der Waals surface area (Å²) < 4.78 is 23.7. The van der Waals surface area contributed by atoms with Crippen LogP contribution >= 0.6 is 0 Å². The molecule has 64 heavy (non-hydrogen) atoms. The Morgan fingerprint density at radius 3 is 2.14 bits per heavy atom. The van der Waals surface area contributed by atoms with Gasteiger partial charge in [-0.2, -0.15) is 0 Å². The van der Waals surface area contributed by atoms with E-state index in [1.54, 1.807) is 52.0 Å². The van der Waals surface area contributed by atoms with Crippen molar-refractivity contribution in [2.45, 2.75) is 85.6 Å². The first kappa shape index (κ1) is 47.0. The van der Waals surface area contributed by atoms with Gasteiger partial charge in [0, 0.05) is 67.4 Å². The number of allylic oxidation sites excluding steroid dienone is 2. The van der Waals surface area contributed by atoms with Crippen molar-refractivity contribution in [2.24, 2.45) is 28.7 Å². The van der Waals surface area contributed by atoms with Gasteiger partial charge in [0.05, 0.1) is 52.5 Å². The molecule has 338 valence electrons. The minimum Gasteiger partial charge on any atom is -0.507 e. The molecule has 9 unspecified atom stereocenters. The number of Topliss-reactive ketones (excluding diaryl/α,β-unsaturated/α-hetero) is 1. The summed E-state index contributed by atoms with van der Waals surface area (Å²) in [4.78, 5) is 45.3. The summed E-state index contributed by atoms with van der Waals surface area (Å²) >= 11 is 0. The van der Waals surface area contributed by atoms with Crippen LogP contribution in [0.25, 0.3) is 21.9 Å². The molecule has 7 rings (SSSR count). The topological polar surface area (TPSA) is 214 Å². The van der Waals surface area contributed by atoms with E-state index in [4.69, 9.17) is 18.9 Å². The average Bonchev–Trinajstić information content (AvgIpc) is 3.54. The Kier molecular flexibility index (Phi) is 14.0. The molecule has 6 N–H and O–H groups in total. The molecule has 0 saturated carbocycles. The highest BCUT2D eigenvalue weighted by molar-refractivity contribution is 6.24. The molecule has 0 radical (unpaired) electrons. The van der Waals surface area contributed by atoms with E-state index in [2.05, 4.69) is 10.3 Å². The van der Waals surface area contributed by atoms with Crippen LogP contribution in [0.1, 0.15) is 70.0 Å². The number of aromatic hydroxyl groups is 3. The molecule has 0 saturated heterocycles. The van der Waals surface area contributed by atoms with Crippen LogP contribution in [0.3, 0.4) is 0 Å². The quantitative estimate of drug-likeness (QED) is 0.0485. The highest BCUT2D eigenvalue weighted by atomic mass is 16.7. The Balaban J connectivity index is 1.52. The number of carbonyl (C=O) groups is 3. The number of anilines is 1. The minimum atomic E-state index is -2.07. The lowest BCUT2D eigenvalue weighted by Gasteiger charge is -2.38. The third kappa shape index (κ3) is 9.12. The maximum atomic E-state index is 14.5. The van der Waals surface area contributed by atoms with Gasteiger partial charge in [0.1, 0.15) is 23.4 Å². The van der Waals surface area contributed by atoms with Crippen LogP contribution in [0.15, 0.2) is 95.7 Å². The van der Waals surface area contributed by atoms with Gasteiger partial charge in [-0.3, -0.25) is 19.4 Å². The summed E-state index contributed by atoms with van der Waals surface area (Å²) in [5.74, 6) is -8.59. The van der Waals surface area contributed by atoms with E-state index in [1.807, 2.05) is 42.5 Å². The first-order chi connectivity index (χ1) is 30.3. The van der Waals surface area contributed by atoms with Crippen LogP contribution in [0.5, 0.6) is 23.0 Å². The number of hydrogen-bond acceptors (Lipinski definition) is 13. The number of methoxy groups -OCH3 is 1. The summed E-state index contributed by atoms with van der Waals surface area (Å²) in [6.07, 6.45) is 4.72. The molecule has 3 aliphatic rings. The first-order valence-corrected chi connectivity index (χ1v) is 21.1. The molecular weight excluding hydrogens is 821 g/mol. The van der Waals surface area contributed by atoms with E-state index >= 15 is 0 Å². The zero-order valence-electron chi connectivity index (χ0n) is 37.3. The molecule has 0 spiro atoms. The summed E-state index contributed by atoms with van der Waals surface area (Å²) in [6.45, 7) is 12.5. The molecule has 3 heterocycles. The number of phenols is 3. The van der Waals surface area contributed by atoms with Crippen LogP contribution in [0.4, 0.5) is 11.4 Å². The number of aliphatic imine (C=N–C) groups is 1. The van der Waals surface area contributed by atoms with Crippen LogP contribution in [-0.4, -0.2) is 86.7 Å². The Morgan fingerprint density at radius 2 is 1.50 bits per heavy atom. The van der Waals surface area contributed by atoms with Gasteiger partial charge in [-0.05, 0) is 43.2 Å². The number of fused-ring (bicyclic) bond motifs is 14. The van der Waals surface area contributed by atoms with Crippen LogP contribution in [0, 0.1) is 30.6 Å². The molecule has 0 fully saturated rings. The predicted molar refractivity (Wildman–Crippen MR) is 243 cm³/mol. The number of phenolic OH excluding ortho intramolecular Hbond substituents is 3. The molecule has 14 nitrogen and oxygen atoms in total. The third-order valence-corrected chi connectivity index (χ3v) is 12.4.